The van der Waals surface area contributed by atoms with Crippen LogP contribution in [0.1, 0.15) is 18.1 Å². The van der Waals surface area contributed by atoms with Gasteiger partial charge in [-0.2, -0.15) is 0 Å². The van der Waals surface area contributed by atoms with Gasteiger partial charge in [-0.15, -0.1) is 0 Å². The van der Waals surface area contributed by atoms with E-state index in [9.17, 15) is 0 Å². The smallest absolute Gasteiger partial charge is 0.0241 e. The first-order valence-corrected chi connectivity index (χ1v) is 5.65. The summed E-state index contributed by atoms with van der Waals surface area (Å²) in [7, 11) is 2.15. The van der Waals surface area contributed by atoms with Crippen LogP contribution >= 0.6 is 22.6 Å². The maximum Gasteiger partial charge on any atom is 0.0241 e. The summed E-state index contributed by atoms with van der Waals surface area (Å²) in [5.41, 5.74) is 2.81. The molecule has 1 nitrogen and oxygen atoms in total. The van der Waals surface area contributed by atoms with Crippen LogP contribution in [0.4, 0.5) is 0 Å². The maximum atomic E-state index is 2.43. The zero-order valence-electron chi connectivity index (χ0n) is 8.47. The molecule has 0 bridgehead atoms. The number of halogens is 1. The van der Waals surface area contributed by atoms with E-state index < -0.39 is 0 Å². The minimum Gasteiger partial charge on any atom is -0.302 e. The molecule has 0 aliphatic rings. The van der Waals surface area contributed by atoms with Gasteiger partial charge in [0, 0.05) is 10.1 Å². The third-order valence-electron chi connectivity index (χ3n) is 2.25. The highest BCUT2D eigenvalue weighted by Gasteiger charge is 2.03. The molecule has 0 atom stereocenters. The van der Waals surface area contributed by atoms with Gasteiger partial charge in [0.2, 0.25) is 0 Å². The van der Waals surface area contributed by atoms with Gasteiger partial charge >= 0.3 is 0 Å². The highest BCUT2D eigenvalue weighted by Crippen LogP contribution is 2.17. The number of aryl methyl sites for hydroxylation is 1. The molecule has 0 amide bonds. The molecule has 0 saturated heterocycles. The standard InChI is InChI=1S/C11H16IN/c1-4-13(3)8-10-7-5-6-9(2)11(10)12/h5-7H,4,8H2,1-3H3. The molecule has 0 aliphatic heterocycles. The zero-order valence-corrected chi connectivity index (χ0v) is 10.6. The van der Waals surface area contributed by atoms with Crippen LogP contribution in [-0.2, 0) is 6.54 Å². The Labute approximate surface area is 94.3 Å². The molecule has 13 heavy (non-hydrogen) atoms. The lowest BCUT2D eigenvalue weighted by Gasteiger charge is -2.15. The van der Waals surface area contributed by atoms with Crippen molar-refractivity contribution in [3.05, 3.63) is 32.9 Å². The molecular formula is C11H16IN. The lowest BCUT2D eigenvalue weighted by molar-refractivity contribution is 0.345. The predicted molar refractivity (Wildman–Crippen MR) is 65.9 cm³/mol. The van der Waals surface area contributed by atoms with Gasteiger partial charge in [0.1, 0.15) is 0 Å². The summed E-state index contributed by atoms with van der Waals surface area (Å²) in [6.07, 6.45) is 0. The van der Waals surface area contributed by atoms with Crippen LogP contribution in [0, 0.1) is 10.5 Å². The van der Waals surface area contributed by atoms with Crippen molar-refractivity contribution in [3.8, 4) is 0 Å². The lowest BCUT2D eigenvalue weighted by atomic mass is 10.1. The van der Waals surface area contributed by atoms with Crippen molar-refractivity contribution < 1.29 is 0 Å². The van der Waals surface area contributed by atoms with Crippen molar-refractivity contribution in [2.45, 2.75) is 20.4 Å². The SMILES string of the molecule is CCN(C)Cc1cccc(C)c1I. The average Bonchev–Trinajstić information content (AvgIpc) is 2.13. The van der Waals surface area contributed by atoms with Crippen LogP contribution in [0.3, 0.4) is 0 Å². The molecule has 2 heteroatoms. The van der Waals surface area contributed by atoms with E-state index in [1.807, 2.05) is 0 Å². The number of nitrogens with zero attached hydrogens (tertiary/aromatic N) is 1. The Kier molecular flexibility index (Phi) is 4.19. The number of benzene rings is 1. The first kappa shape index (κ1) is 11.0. The molecule has 0 spiro atoms. The van der Waals surface area contributed by atoms with E-state index in [0.717, 1.165) is 13.1 Å². The summed E-state index contributed by atoms with van der Waals surface area (Å²) in [5.74, 6) is 0. The van der Waals surface area contributed by atoms with Gasteiger partial charge < -0.3 is 4.90 Å². The first-order valence-electron chi connectivity index (χ1n) is 4.57. The van der Waals surface area contributed by atoms with Crippen LogP contribution in [0.2, 0.25) is 0 Å². The number of hydrogen-bond donors (Lipinski definition) is 0. The van der Waals surface area contributed by atoms with E-state index in [-0.39, 0.29) is 0 Å². The molecule has 0 saturated carbocycles. The largest absolute Gasteiger partial charge is 0.302 e. The normalized spacial score (nSPS) is 10.8. The Morgan fingerprint density at radius 1 is 1.38 bits per heavy atom. The van der Waals surface area contributed by atoms with Crippen molar-refractivity contribution in [1.29, 1.82) is 0 Å². The molecule has 1 aromatic rings. The molecule has 72 valence electrons. The van der Waals surface area contributed by atoms with Gasteiger partial charge in [-0.05, 0) is 54.2 Å². The minimum absolute atomic E-state index is 1.05. The molecule has 1 rings (SSSR count). The number of rotatable bonds is 3. The van der Waals surface area contributed by atoms with Gasteiger partial charge in [0.05, 0.1) is 0 Å². The first-order chi connectivity index (χ1) is 6.15. The lowest BCUT2D eigenvalue weighted by Crippen LogP contribution is -2.17. The van der Waals surface area contributed by atoms with Crippen LogP contribution in [0.15, 0.2) is 18.2 Å². The Morgan fingerprint density at radius 2 is 2.08 bits per heavy atom. The molecule has 0 aliphatic carbocycles. The molecule has 0 heterocycles. The second kappa shape index (κ2) is 4.96. The van der Waals surface area contributed by atoms with Gasteiger partial charge in [-0.1, -0.05) is 25.1 Å². The van der Waals surface area contributed by atoms with Crippen LogP contribution in [0.5, 0.6) is 0 Å². The third-order valence-corrected chi connectivity index (χ3v) is 3.80. The fourth-order valence-electron chi connectivity index (χ4n) is 1.23. The summed E-state index contributed by atoms with van der Waals surface area (Å²) in [6.45, 7) is 6.50. The van der Waals surface area contributed by atoms with Crippen molar-refractivity contribution in [1.82, 2.24) is 4.90 Å². The molecule has 0 N–H and O–H groups in total. The predicted octanol–water partition coefficient (Wildman–Crippen LogP) is 3.05. The van der Waals surface area contributed by atoms with Gasteiger partial charge in [-0.25, -0.2) is 0 Å². The Morgan fingerprint density at radius 3 is 2.69 bits per heavy atom. The van der Waals surface area contributed by atoms with Crippen LogP contribution < -0.4 is 0 Å². The Hall–Kier alpha value is -0.0900. The highest BCUT2D eigenvalue weighted by atomic mass is 127. The summed E-state index contributed by atoms with van der Waals surface area (Å²) in [5, 5.41) is 0. The minimum atomic E-state index is 1.05. The van der Waals surface area contributed by atoms with Crippen LogP contribution in [0.25, 0.3) is 0 Å². The van der Waals surface area contributed by atoms with Gasteiger partial charge in [-0.3, -0.25) is 0 Å². The average molecular weight is 289 g/mol. The van der Waals surface area contributed by atoms with Crippen molar-refractivity contribution >= 4 is 22.6 Å². The van der Waals surface area contributed by atoms with E-state index in [1.54, 1.807) is 0 Å². The van der Waals surface area contributed by atoms with Crippen LogP contribution in [-0.4, -0.2) is 18.5 Å². The topological polar surface area (TPSA) is 3.24 Å². The summed E-state index contributed by atoms with van der Waals surface area (Å²) in [4.78, 5) is 2.32. The molecule has 0 aromatic heterocycles. The Bertz CT molecular complexity index is 283. The molecular weight excluding hydrogens is 273 g/mol. The van der Waals surface area contributed by atoms with Crippen molar-refractivity contribution in [3.63, 3.8) is 0 Å². The van der Waals surface area contributed by atoms with E-state index in [0.29, 0.717) is 0 Å². The quantitative estimate of drug-likeness (QED) is 0.773. The van der Waals surface area contributed by atoms with Crippen molar-refractivity contribution in [2.75, 3.05) is 13.6 Å². The molecule has 0 unspecified atom stereocenters. The summed E-state index contributed by atoms with van der Waals surface area (Å²) < 4.78 is 1.40. The second-order valence-corrected chi connectivity index (χ2v) is 4.46. The third kappa shape index (κ3) is 2.95. The number of hydrogen-bond acceptors (Lipinski definition) is 1. The summed E-state index contributed by atoms with van der Waals surface area (Å²) in [6, 6.07) is 6.51. The molecule has 0 radical (unpaired) electrons. The van der Waals surface area contributed by atoms with Crippen molar-refractivity contribution in [2.24, 2.45) is 0 Å². The van der Waals surface area contributed by atoms with E-state index in [4.69, 9.17) is 0 Å². The fraction of sp³-hybridized carbons (Fsp3) is 0.455. The van der Waals surface area contributed by atoms with E-state index in [2.05, 4.69) is 66.6 Å². The fourth-order valence-corrected chi connectivity index (χ4v) is 1.76. The second-order valence-electron chi connectivity index (χ2n) is 3.38. The highest BCUT2D eigenvalue weighted by molar-refractivity contribution is 14.1. The molecule has 0 fully saturated rings. The maximum absolute atomic E-state index is 2.43. The monoisotopic (exact) mass is 289 g/mol. The molecule has 1 aromatic carbocycles. The van der Waals surface area contributed by atoms with Gasteiger partial charge in [0.15, 0.2) is 0 Å². The summed E-state index contributed by atoms with van der Waals surface area (Å²) >= 11 is 2.43. The van der Waals surface area contributed by atoms with E-state index >= 15 is 0 Å². The zero-order chi connectivity index (χ0) is 9.84. The van der Waals surface area contributed by atoms with E-state index in [1.165, 1.54) is 14.7 Å². The van der Waals surface area contributed by atoms with Gasteiger partial charge in [0.25, 0.3) is 0 Å². The Balaban J connectivity index is 2.83.